The highest BCUT2D eigenvalue weighted by atomic mass is 32.2. The lowest BCUT2D eigenvalue weighted by molar-refractivity contribution is -0.132. The average molecular weight is 442 g/mol. The lowest BCUT2D eigenvalue weighted by Crippen LogP contribution is -2.28. The molecule has 0 radical (unpaired) electrons. The summed E-state index contributed by atoms with van der Waals surface area (Å²) in [6.07, 6.45) is 1.62. The van der Waals surface area contributed by atoms with E-state index in [1.54, 1.807) is 36.4 Å². The third-order valence-electron chi connectivity index (χ3n) is 4.46. The number of thioether (sulfide) groups is 1. The van der Waals surface area contributed by atoms with Crippen LogP contribution in [-0.2, 0) is 9.59 Å². The number of amides is 1. The number of benzene rings is 2. The van der Waals surface area contributed by atoms with Gasteiger partial charge in [-0.3, -0.25) is 19.9 Å². The van der Waals surface area contributed by atoms with Crippen LogP contribution in [0.3, 0.4) is 0 Å². The van der Waals surface area contributed by atoms with Crippen LogP contribution < -0.4 is 28.6 Å². The highest BCUT2D eigenvalue weighted by Gasteiger charge is 2.34. The number of methoxy groups -OCH3 is 2. The number of hydrogen-bond donors (Lipinski definition) is 1. The summed E-state index contributed by atoms with van der Waals surface area (Å²) >= 11 is 1.03. The van der Waals surface area contributed by atoms with E-state index < -0.39 is 5.97 Å². The van der Waals surface area contributed by atoms with E-state index in [2.05, 4.69) is 0 Å². The molecular weight excluding hydrogens is 424 g/mol. The van der Waals surface area contributed by atoms with Crippen molar-refractivity contribution in [2.24, 2.45) is 0 Å². The van der Waals surface area contributed by atoms with Crippen molar-refractivity contribution in [2.45, 2.75) is 6.92 Å². The molecule has 0 aromatic heterocycles. The summed E-state index contributed by atoms with van der Waals surface area (Å²) in [5.74, 6) is 0.959. The molecule has 0 spiro atoms. The maximum atomic E-state index is 13.0. The van der Waals surface area contributed by atoms with Crippen molar-refractivity contribution in [1.82, 2.24) is 0 Å². The Labute approximate surface area is 182 Å². The van der Waals surface area contributed by atoms with Crippen LogP contribution in [0.5, 0.6) is 28.7 Å². The predicted octanol–water partition coefficient (Wildman–Crippen LogP) is 3.41. The molecule has 31 heavy (non-hydrogen) atoms. The molecular formula is C21H18N2O7S. The number of rotatable bonds is 5. The summed E-state index contributed by atoms with van der Waals surface area (Å²) in [5, 5.41) is 8.34. The Morgan fingerprint density at radius 3 is 2.45 bits per heavy atom. The first-order chi connectivity index (χ1) is 14.9. The minimum absolute atomic E-state index is 0.0607. The number of anilines is 1. The van der Waals surface area contributed by atoms with E-state index in [0.717, 1.165) is 11.8 Å². The molecule has 1 saturated heterocycles. The number of nitrogens with zero attached hydrogens (tertiary/aromatic N) is 1. The van der Waals surface area contributed by atoms with E-state index in [1.807, 2.05) is 0 Å². The number of hydrogen-bond acceptors (Lipinski definition) is 9. The third kappa shape index (κ3) is 3.89. The van der Waals surface area contributed by atoms with Crippen LogP contribution in [-0.4, -0.2) is 38.1 Å². The minimum Gasteiger partial charge on any atom is -0.493 e. The van der Waals surface area contributed by atoms with Crippen LogP contribution in [0.15, 0.2) is 35.2 Å². The summed E-state index contributed by atoms with van der Waals surface area (Å²) < 4.78 is 26.5. The maximum absolute atomic E-state index is 13.0. The third-order valence-corrected chi connectivity index (χ3v) is 5.35. The van der Waals surface area contributed by atoms with Gasteiger partial charge in [-0.15, -0.1) is 0 Å². The zero-order chi connectivity index (χ0) is 22.1. The van der Waals surface area contributed by atoms with Gasteiger partial charge in [0.1, 0.15) is 0 Å². The summed E-state index contributed by atoms with van der Waals surface area (Å²) in [4.78, 5) is 26.1. The molecule has 2 aromatic rings. The zero-order valence-electron chi connectivity index (χ0n) is 16.9. The molecule has 9 nitrogen and oxygen atoms in total. The fourth-order valence-corrected chi connectivity index (χ4v) is 3.99. The molecule has 160 valence electrons. The van der Waals surface area contributed by atoms with Crippen molar-refractivity contribution in [1.29, 1.82) is 5.41 Å². The molecule has 0 atom stereocenters. The molecule has 2 aromatic carbocycles. The monoisotopic (exact) mass is 442 g/mol. The van der Waals surface area contributed by atoms with Gasteiger partial charge in [-0.05, 0) is 47.7 Å². The Hall–Kier alpha value is -3.66. The Morgan fingerprint density at radius 2 is 1.81 bits per heavy atom. The Balaban J connectivity index is 1.67. The molecule has 2 aliphatic heterocycles. The van der Waals surface area contributed by atoms with E-state index in [4.69, 9.17) is 29.1 Å². The average Bonchev–Trinajstić information content (AvgIpc) is 3.31. The molecule has 1 N–H and O–H groups in total. The van der Waals surface area contributed by atoms with Crippen LogP contribution in [0.1, 0.15) is 12.5 Å². The van der Waals surface area contributed by atoms with Crippen LogP contribution in [0.2, 0.25) is 0 Å². The molecule has 4 rings (SSSR count). The fraction of sp³-hybridized carbons (Fsp3) is 0.190. The Kier molecular flexibility index (Phi) is 5.47. The van der Waals surface area contributed by atoms with Gasteiger partial charge in [0.15, 0.2) is 28.2 Å². The maximum Gasteiger partial charge on any atom is 0.308 e. The summed E-state index contributed by atoms with van der Waals surface area (Å²) in [5.41, 5.74) is 1.09. The molecule has 10 heteroatoms. The van der Waals surface area contributed by atoms with Gasteiger partial charge in [-0.25, -0.2) is 0 Å². The largest absolute Gasteiger partial charge is 0.493 e. The van der Waals surface area contributed by atoms with E-state index in [9.17, 15) is 9.59 Å². The van der Waals surface area contributed by atoms with E-state index in [-0.39, 0.29) is 35.1 Å². The Morgan fingerprint density at radius 1 is 1.13 bits per heavy atom. The van der Waals surface area contributed by atoms with Gasteiger partial charge < -0.3 is 23.7 Å². The highest BCUT2D eigenvalue weighted by Crippen LogP contribution is 2.42. The fourth-order valence-electron chi connectivity index (χ4n) is 3.13. The summed E-state index contributed by atoms with van der Waals surface area (Å²) in [6.45, 7) is 1.40. The molecule has 0 saturated carbocycles. The molecule has 0 aliphatic carbocycles. The van der Waals surface area contributed by atoms with Gasteiger partial charge >= 0.3 is 5.97 Å². The standard InChI is InChI=1S/C21H18N2O7S/c1-11(24)30-19-16(26-2)6-12(7-17(19)27-3)8-18-20(25)23(21(22)31-18)13-4-5-14-15(9-13)29-10-28-14/h4-9,22H,10H2,1-3H3/b18-8-,22-21?. The van der Waals surface area contributed by atoms with Crippen molar-refractivity contribution < 1.29 is 33.3 Å². The smallest absolute Gasteiger partial charge is 0.308 e. The van der Waals surface area contributed by atoms with Crippen LogP contribution in [0.25, 0.3) is 6.08 Å². The normalized spacial score (nSPS) is 16.1. The van der Waals surface area contributed by atoms with Gasteiger partial charge in [-0.1, -0.05) is 0 Å². The van der Waals surface area contributed by atoms with E-state index in [0.29, 0.717) is 27.7 Å². The lowest BCUT2D eigenvalue weighted by atomic mass is 10.1. The first-order valence-corrected chi connectivity index (χ1v) is 9.89. The molecule has 1 fully saturated rings. The SMILES string of the molecule is COc1cc(/C=C2\SC(=N)N(c3ccc4c(c3)OCO4)C2=O)cc(OC)c1OC(C)=O. The number of ether oxygens (including phenoxy) is 5. The lowest BCUT2D eigenvalue weighted by Gasteiger charge is -2.15. The minimum atomic E-state index is -0.517. The molecule has 2 heterocycles. The van der Waals surface area contributed by atoms with Crippen molar-refractivity contribution in [2.75, 3.05) is 25.9 Å². The number of nitrogens with one attached hydrogen (secondary N) is 1. The van der Waals surface area contributed by atoms with E-state index >= 15 is 0 Å². The van der Waals surface area contributed by atoms with Crippen LogP contribution in [0, 0.1) is 5.41 Å². The Bertz CT molecular complexity index is 1100. The number of carbonyl (C=O) groups is 2. The van der Waals surface area contributed by atoms with Gasteiger partial charge in [0, 0.05) is 13.0 Å². The number of fused-ring (bicyclic) bond motifs is 1. The number of esters is 1. The number of amidine groups is 1. The second-order valence-electron chi connectivity index (χ2n) is 6.44. The molecule has 1 amide bonds. The van der Waals surface area contributed by atoms with Crippen molar-refractivity contribution in [3.63, 3.8) is 0 Å². The molecule has 2 aliphatic rings. The van der Waals surface area contributed by atoms with Gasteiger partial charge in [0.25, 0.3) is 5.91 Å². The van der Waals surface area contributed by atoms with Gasteiger partial charge in [0.2, 0.25) is 12.5 Å². The molecule has 0 unspecified atom stereocenters. The van der Waals surface area contributed by atoms with Crippen LogP contribution >= 0.6 is 11.8 Å². The quantitative estimate of drug-likeness (QED) is 0.426. The van der Waals surface area contributed by atoms with Gasteiger partial charge in [0.05, 0.1) is 24.8 Å². The summed E-state index contributed by atoms with van der Waals surface area (Å²) in [7, 11) is 2.87. The predicted molar refractivity (Wildman–Crippen MR) is 114 cm³/mol. The van der Waals surface area contributed by atoms with Crippen molar-refractivity contribution in [3.05, 3.63) is 40.8 Å². The second-order valence-corrected chi connectivity index (χ2v) is 7.47. The number of carbonyl (C=O) groups excluding carboxylic acids is 2. The first-order valence-electron chi connectivity index (χ1n) is 9.08. The van der Waals surface area contributed by atoms with Gasteiger partial charge in [-0.2, -0.15) is 0 Å². The second kappa shape index (κ2) is 8.23. The van der Waals surface area contributed by atoms with Crippen molar-refractivity contribution in [3.8, 4) is 28.7 Å². The van der Waals surface area contributed by atoms with Crippen molar-refractivity contribution >= 4 is 40.6 Å². The first kappa shape index (κ1) is 20.6. The zero-order valence-corrected chi connectivity index (χ0v) is 17.7. The summed E-state index contributed by atoms with van der Waals surface area (Å²) in [6, 6.07) is 8.30. The topological polar surface area (TPSA) is 107 Å². The molecule has 0 bridgehead atoms. The highest BCUT2D eigenvalue weighted by molar-refractivity contribution is 8.19. The van der Waals surface area contributed by atoms with Crippen LogP contribution in [0.4, 0.5) is 5.69 Å². The van der Waals surface area contributed by atoms with E-state index in [1.165, 1.54) is 26.0 Å².